The Morgan fingerprint density at radius 1 is 1.12 bits per heavy atom. The van der Waals surface area contributed by atoms with Crippen LogP contribution in [0.15, 0.2) is 30.3 Å². The van der Waals surface area contributed by atoms with E-state index < -0.39 is 15.6 Å². The van der Waals surface area contributed by atoms with Gasteiger partial charge in [0.25, 0.3) is 5.91 Å². The van der Waals surface area contributed by atoms with Gasteiger partial charge in [0.2, 0.25) is 10.0 Å². The number of rotatable bonds is 5. The standard InChI is InChI=1S/C18H27N3O4S/c1-25-18(7-9-19-10-8-18)17(22)20-11-13-21(14-12-20)26(23,24)15-16-5-3-2-4-6-16/h2-6,19H,7-15H2,1H3. The van der Waals surface area contributed by atoms with Crippen LogP contribution in [0.4, 0.5) is 0 Å². The van der Waals surface area contributed by atoms with E-state index in [1.165, 1.54) is 4.31 Å². The quantitative estimate of drug-likeness (QED) is 0.800. The Bertz CT molecular complexity index is 709. The summed E-state index contributed by atoms with van der Waals surface area (Å²) in [7, 11) is -1.79. The predicted molar refractivity (Wildman–Crippen MR) is 99.1 cm³/mol. The number of amides is 1. The van der Waals surface area contributed by atoms with E-state index in [1.807, 2.05) is 30.3 Å². The van der Waals surface area contributed by atoms with Crippen molar-refractivity contribution in [1.82, 2.24) is 14.5 Å². The number of nitrogens with zero attached hydrogens (tertiary/aromatic N) is 2. The Hall–Kier alpha value is -1.48. The summed E-state index contributed by atoms with van der Waals surface area (Å²) in [6.45, 7) is 2.99. The second-order valence-electron chi connectivity index (χ2n) is 6.88. The van der Waals surface area contributed by atoms with E-state index in [-0.39, 0.29) is 11.7 Å². The molecule has 0 saturated carbocycles. The van der Waals surface area contributed by atoms with Gasteiger partial charge in [-0.15, -0.1) is 0 Å². The summed E-state index contributed by atoms with van der Waals surface area (Å²) in [6, 6.07) is 9.18. The van der Waals surface area contributed by atoms with Crippen molar-refractivity contribution >= 4 is 15.9 Å². The molecule has 0 atom stereocenters. The third kappa shape index (κ3) is 4.09. The highest BCUT2D eigenvalue weighted by Gasteiger charge is 2.43. The molecule has 1 N–H and O–H groups in total. The Labute approximate surface area is 155 Å². The molecule has 1 aromatic rings. The maximum absolute atomic E-state index is 13.0. The van der Waals surface area contributed by atoms with Crippen LogP contribution in [-0.2, 0) is 25.3 Å². The first kappa shape index (κ1) is 19.3. The molecule has 2 aliphatic heterocycles. The largest absolute Gasteiger partial charge is 0.368 e. The van der Waals surface area contributed by atoms with Gasteiger partial charge in [0.05, 0.1) is 5.75 Å². The van der Waals surface area contributed by atoms with Gasteiger partial charge in [0, 0.05) is 33.3 Å². The molecule has 0 spiro atoms. The third-order valence-corrected chi connectivity index (χ3v) is 7.15. The van der Waals surface area contributed by atoms with Crippen molar-refractivity contribution in [3.05, 3.63) is 35.9 Å². The number of hydrogen-bond acceptors (Lipinski definition) is 5. The zero-order chi connectivity index (χ0) is 18.6. The fourth-order valence-corrected chi connectivity index (χ4v) is 5.19. The molecule has 0 unspecified atom stereocenters. The fourth-order valence-electron chi connectivity index (χ4n) is 3.67. The summed E-state index contributed by atoms with van der Waals surface area (Å²) in [4.78, 5) is 14.7. The third-order valence-electron chi connectivity index (χ3n) is 5.30. The molecule has 0 bridgehead atoms. The number of sulfonamides is 1. The molecule has 3 rings (SSSR count). The summed E-state index contributed by atoms with van der Waals surface area (Å²) in [5.41, 5.74) is 0.00937. The molecule has 26 heavy (non-hydrogen) atoms. The summed E-state index contributed by atoms with van der Waals surface area (Å²) in [6.07, 6.45) is 1.30. The molecule has 2 heterocycles. The summed E-state index contributed by atoms with van der Waals surface area (Å²) in [5.74, 6) is -0.0169. The Balaban J connectivity index is 1.60. The number of benzene rings is 1. The van der Waals surface area contributed by atoms with Crippen molar-refractivity contribution < 1.29 is 17.9 Å². The molecule has 7 nitrogen and oxygen atoms in total. The van der Waals surface area contributed by atoms with Crippen LogP contribution >= 0.6 is 0 Å². The second kappa shape index (κ2) is 8.04. The van der Waals surface area contributed by atoms with E-state index in [4.69, 9.17) is 4.74 Å². The smallest absolute Gasteiger partial charge is 0.254 e. The van der Waals surface area contributed by atoms with Gasteiger partial charge in [0.1, 0.15) is 5.60 Å². The Morgan fingerprint density at radius 3 is 2.31 bits per heavy atom. The van der Waals surface area contributed by atoms with Gasteiger partial charge < -0.3 is 15.0 Å². The van der Waals surface area contributed by atoms with Crippen LogP contribution in [0.2, 0.25) is 0 Å². The molecule has 1 amide bonds. The van der Waals surface area contributed by atoms with Crippen molar-refractivity contribution in [3.63, 3.8) is 0 Å². The zero-order valence-corrected chi connectivity index (χ0v) is 16.0. The first-order valence-electron chi connectivity index (χ1n) is 9.04. The molecular formula is C18H27N3O4S. The predicted octanol–water partition coefficient (Wildman–Crippen LogP) is 0.429. The van der Waals surface area contributed by atoms with Crippen molar-refractivity contribution in [2.45, 2.75) is 24.2 Å². The molecule has 144 valence electrons. The van der Waals surface area contributed by atoms with Crippen LogP contribution < -0.4 is 5.32 Å². The van der Waals surface area contributed by atoms with E-state index in [2.05, 4.69) is 5.32 Å². The van der Waals surface area contributed by atoms with E-state index >= 15 is 0 Å². The summed E-state index contributed by atoms with van der Waals surface area (Å²) < 4.78 is 32.4. The number of ether oxygens (including phenoxy) is 1. The van der Waals surface area contributed by atoms with Gasteiger partial charge in [-0.25, -0.2) is 8.42 Å². The lowest BCUT2D eigenvalue weighted by molar-refractivity contribution is -0.159. The van der Waals surface area contributed by atoms with Crippen LogP contribution in [0.25, 0.3) is 0 Å². The number of nitrogens with one attached hydrogen (secondary N) is 1. The highest BCUT2D eigenvalue weighted by atomic mass is 32.2. The Kier molecular flexibility index (Phi) is 5.96. The van der Waals surface area contributed by atoms with Gasteiger partial charge in [-0.3, -0.25) is 4.79 Å². The Morgan fingerprint density at radius 2 is 1.73 bits per heavy atom. The van der Waals surface area contributed by atoms with Gasteiger partial charge >= 0.3 is 0 Å². The highest BCUT2D eigenvalue weighted by molar-refractivity contribution is 7.88. The maximum Gasteiger partial charge on any atom is 0.254 e. The average molecular weight is 381 g/mol. The SMILES string of the molecule is COC1(C(=O)N2CCN(S(=O)(=O)Cc3ccccc3)CC2)CCNCC1. The summed E-state index contributed by atoms with van der Waals surface area (Å²) >= 11 is 0. The zero-order valence-electron chi connectivity index (χ0n) is 15.2. The number of carbonyl (C=O) groups excluding carboxylic acids is 1. The normalized spacial score (nSPS) is 21.5. The fraction of sp³-hybridized carbons (Fsp3) is 0.611. The van der Waals surface area contributed by atoms with Gasteiger partial charge in [-0.2, -0.15) is 4.31 Å². The molecular weight excluding hydrogens is 354 g/mol. The molecule has 2 fully saturated rings. The van der Waals surface area contributed by atoms with Crippen LogP contribution in [0.3, 0.4) is 0 Å². The van der Waals surface area contributed by atoms with E-state index in [9.17, 15) is 13.2 Å². The van der Waals surface area contributed by atoms with Gasteiger partial charge in [-0.05, 0) is 31.5 Å². The summed E-state index contributed by atoms with van der Waals surface area (Å²) in [5, 5.41) is 3.24. The molecule has 0 aromatic heterocycles. The molecule has 1 aromatic carbocycles. The lowest BCUT2D eigenvalue weighted by Crippen LogP contribution is -2.59. The molecule has 2 saturated heterocycles. The van der Waals surface area contributed by atoms with E-state index in [0.29, 0.717) is 39.0 Å². The average Bonchev–Trinajstić information content (AvgIpc) is 2.68. The van der Waals surface area contributed by atoms with E-state index in [0.717, 1.165) is 18.7 Å². The van der Waals surface area contributed by atoms with Crippen LogP contribution in [0.1, 0.15) is 18.4 Å². The van der Waals surface area contributed by atoms with Gasteiger partial charge in [0.15, 0.2) is 0 Å². The minimum Gasteiger partial charge on any atom is -0.368 e. The highest BCUT2D eigenvalue weighted by Crippen LogP contribution is 2.26. The number of piperidine rings is 1. The maximum atomic E-state index is 13.0. The number of piperazine rings is 1. The molecule has 0 radical (unpaired) electrons. The van der Waals surface area contributed by atoms with Crippen LogP contribution in [0, 0.1) is 0 Å². The molecule has 0 aliphatic carbocycles. The lowest BCUT2D eigenvalue weighted by Gasteiger charge is -2.41. The molecule has 8 heteroatoms. The van der Waals surface area contributed by atoms with Crippen molar-refractivity contribution in [2.75, 3.05) is 46.4 Å². The van der Waals surface area contributed by atoms with Crippen LogP contribution in [0.5, 0.6) is 0 Å². The monoisotopic (exact) mass is 381 g/mol. The molecule has 2 aliphatic rings. The van der Waals surface area contributed by atoms with Gasteiger partial charge in [-0.1, -0.05) is 30.3 Å². The number of hydrogen-bond donors (Lipinski definition) is 1. The number of methoxy groups -OCH3 is 1. The van der Waals surface area contributed by atoms with Crippen LogP contribution in [-0.4, -0.2) is 75.5 Å². The minimum atomic E-state index is -3.38. The lowest BCUT2D eigenvalue weighted by atomic mass is 9.90. The topological polar surface area (TPSA) is 79.0 Å². The van der Waals surface area contributed by atoms with Crippen molar-refractivity contribution in [3.8, 4) is 0 Å². The van der Waals surface area contributed by atoms with Crippen molar-refractivity contribution in [1.29, 1.82) is 0 Å². The van der Waals surface area contributed by atoms with E-state index in [1.54, 1.807) is 12.0 Å². The number of carbonyl (C=O) groups is 1. The second-order valence-corrected chi connectivity index (χ2v) is 8.85. The first-order chi connectivity index (χ1) is 12.5. The first-order valence-corrected chi connectivity index (χ1v) is 10.6. The van der Waals surface area contributed by atoms with Crippen molar-refractivity contribution in [2.24, 2.45) is 0 Å². The minimum absolute atomic E-state index is 0.00450.